The Hall–Kier alpha value is -2.00. The van der Waals surface area contributed by atoms with Crippen molar-refractivity contribution in [2.75, 3.05) is 6.61 Å². The van der Waals surface area contributed by atoms with Gasteiger partial charge < -0.3 is 18.0 Å². The van der Waals surface area contributed by atoms with E-state index in [0.717, 1.165) is 0 Å². The van der Waals surface area contributed by atoms with Crippen LogP contribution in [0, 0.1) is 11.3 Å². The molecule has 1 aliphatic rings. The lowest BCUT2D eigenvalue weighted by molar-refractivity contribution is -0.0902. The zero-order valence-electron chi connectivity index (χ0n) is 29.5. The van der Waals surface area contributed by atoms with Gasteiger partial charge >= 0.3 is 5.69 Å². The number of nitrogens with zero attached hydrogens (tertiary/aromatic N) is 6. The molecule has 11 nitrogen and oxygen atoms in total. The lowest BCUT2D eigenvalue weighted by Crippen LogP contribution is -2.58. The van der Waals surface area contributed by atoms with Crippen LogP contribution in [0.15, 0.2) is 29.7 Å². The molecule has 0 unspecified atom stereocenters. The normalized spacial score (nSPS) is 24.0. The zero-order chi connectivity index (χ0) is 33.7. The summed E-state index contributed by atoms with van der Waals surface area (Å²) in [6.45, 7) is 32.3. The highest BCUT2D eigenvalue weighted by Crippen LogP contribution is 2.49. The minimum Gasteiger partial charge on any atom is -0.413 e. The van der Waals surface area contributed by atoms with Crippen LogP contribution in [-0.4, -0.2) is 73.7 Å². The zero-order valence-corrected chi connectivity index (χ0v) is 32.5. The van der Waals surface area contributed by atoms with Crippen LogP contribution in [-0.2, 0) is 18.0 Å². The van der Waals surface area contributed by atoms with Crippen molar-refractivity contribution in [3.05, 3.63) is 35.4 Å². The summed E-state index contributed by atoms with van der Waals surface area (Å²) in [5.74, 6) is 0.325. The van der Waals surface area contributed by atoms with E-state index in [9.17, 15) is 10.1 Å². The van der Waals surface area contributed by atoms with Gasteiger partial charge in [0.2, 0.25) is 5.60 Å². The van der Waals surface area contributed by atoms with Crippen molar-refractivity contribution in [3.63, 3.8) is 0 Å². The lowest BCUT2D eigenvalue weighted by atomic mass is 9.98. The molecule has 1 aliphatic heterocycles. The molecule has 0 amide bonds. The maximum atomic E-state index is 13.7. The van der Waals surface area contributed by atoms with Crippen LogP contribution in [0.25, 0.3) is 5.82 Å². The van der Waals surface area contributed by atoms with E-state index in [2.05, 4.69) is 123 Å². The van der Waals surface area contributed by atoms with E-state index in [0.29, 0.717) is 5.82 Å². The molecule has 3 rings (SSSR count). The Labute approximate surface area is 266 Å². The average molecular weight is 663 g/mol. The first kappa shape index (κ1) is 36.5. The topological polar surface area (TPSA) is 126 Å². The second kappa shape index (κ2) is 12.0. The number of aromatic nitrogens is 5. The van der Waals surface area contributed by atoms with E-state index in [4.69, 9.17) is 18.0 Å². The van der Waals surface area contributed by atoms with Crippen molar-refractivity contribution < 1.29 is 18.0 Å². The molecule has 0 saturated carbocycles. The Morgan fingerprint density at radius 2 is 1.48 bits per heavy atom. The highest BCUT2D eigenvalue weighted by atomic mass is 28.4. The van der Waals surface area contributed by atoms with E-state index < -0.39 is 54.7 Å². The number of rotatable bonds is 9. The molecule has 0 aliphatic carbocycles. The Bertz CT molecular complexity index is 1400. The monoisotopic (exact) mass is 662 g/mol. The molecular formula is C30H54N6O5Si3. The minimum atomic E-state index is -2.50. The summed E-state index contributed by atoms with van der Waals surface area (Å²) < 4.78 is 30.5. The van der Waals surface area contributed by atoms with Gasteiger partial charge in [-0.25, -0.2) is 14.5 Å². The summed E-state index contributed by atoms with van der Waals surface area (Å²) in [4.78, 5) is 21.9. The molecule has 44 heavy (non-hydrogen) atoms. The molecule has 1 saturated heterocycles. The van der Waals surface area contributed by atoms with E-state index in [1.807, 2.05) is 0 Å². The first-order valence-corrected chi connectivity index (χ1v) is 24.0. The summed E-state index contributed by atoms with van der Waals surface area (Å²) in [5.41, 5.74) is -2.09. The van der Waals surface area contributed by atoms with Gasteiger partial charge in [-0.1, -0.05) is 62.3 Å². The van der Waals surface area contributed by atoms with Crippen molar-refractivity contribution in [1.29, 1.82) is 5.26 Å². The Balaban J connectivity index is 2.25. The van der Waals surface area contributed by atoms with Crippen molar-refractivity contribution in [1.82, 2.24) is 24.3 Å². The molecule has 0 spiro atoms. The van der Waals surface area contributed by atoms with Gasteiger partial charge in [-0.15, -0.1) is 0 Å². The van der Waals surface area contributed by atoms with Crippen molar-refractivity contribution in [3.8, 4) is 11.9 Å². The maximum Gasteiger partial charge on any atom is 0.351 e. The first-order valence-electron chi connectivity index (χ1n) is 15.3. The summed E-state index contributed by atoms with van der Waals surface area (Å²) in [5, 5.41) is 14.7. The average Bonchev–Trinajstić information content (AvgIpc) is 3.49. The highest BCUT2D eigenvalue weighted by Gasteiger charge is 2.62. The maximum absolute atomic E-state index is 13.7. The van der Waals surface area contributed by atoms with Gasteiger partial charge in [-0.2, -0.15) is 15.3 Å². The summed E-state index contributed by atoms with van der Waals surface area (Å²) >= 11 is 0. The molecule has 2 aromatic heterocycles. The van der Waals surface area contributed by atoms with Crippen LogP contribution < -0.4 is 5.69 Å². The molecule has 14 heteroatoms. The summed E-state index contributed by atoms with van der Waals surface area (Å²) in [6.07, 6.45) is 1.90. The number of hydrogen-bond donors (Lipinski definition) is 0. The predicted octanol–water partition coefficient (Wildman–Crippen LogP) is 6.42. The van der Waals surface area contributed by atoms with Crippen LogP contribution in [0.5, 0.6) is 0 Å². The third-order valence-electron chi connectivity index (χ3n) is 10.2. The van der Waals surface area contributed by atoms with Gasteiger partial charge in [0, 0.05) is 6.20 Å². The lowest BCUT2D eigenvalue weighted by Gasteiger charge is -2.45. The molecule has 0 bridgehead atoms. The largest absolute Gasteiger partial charge is 0.413 e. The van der Waals surface area contributed by atoms with Crippen LogP contribution in [0.4, 0.5) is 0 Å². The Morgan fingerprint density at radius 3 is 1.93 bits per heavy atom. The van der Waals surface area contributed by atoms with Gasteiger partial charge in [0.1, 0.15) is 30.9 Å². The van der Waals surface area contributed by atoms with Gasteiger partial charge in [0.25, 0.3) is 0 Å². The third-order valence-corrected chi connectivity index (χ3v) is 23.6. The molecule has 4 atom stereocenters. The fourth-order valence-electron chi connectivity index (χ4n) is 4.07. The number of ether oxygens (including phenoxy) is 1. The van der Waals surface area contributed by atoms with Crippen LogP contribution in [0.1, 0.15) is 68.5 Å². The van der Waals surface area contributed by atoms with Gasteiger partial charge in [-0.05, 0) is 60.5 Å². The van der Waals surface area contributed by atoms with Crippen molar-refractivity contribution in [2.45, 2.75) is 141 Å². The second-order valence-corrected chi connectivity index (χ2v) is 30.8. The van der Waals surface area contributed by atoms with Crippen LogP contribution in [0.3, 0.4) is 0 Å². The molecule has 0 N–H and O–H groups in total. The number of nitriles is 1. The molecule has 3 heterocycles. The smallest absolute Gasteiger partial charge is 0.351 e. The summed E-state index contributed by atoms with van der Waals surface area (Å²) in [6, 6.07) is 4.15. The molecule has 0 radical (unpaired) electrons. The first-order chi connectivity index (χ1) is 19.8. The Kier molecular flexibility index (Phi) is 9.93. The summed E-state index contributed by atoms with van der Waals surface area (Å²) in [7, 11) is -7.30. The molecule has 0 aromatic carbocycles. The van der Waals surface area contributed by atoms with E-state index in [1.165, 1.54) is 21.9 Å². The molecule has 1 fully saturated rings. The fraction of sp³-hybridized carbons (Fsp3) is 0.767. The fourth-order valence-corrected chi connectivity index (χ4v) is 7.66. The van der Waals surface area contributed by atoms with Crippen molar-refractivity contribution >= 4 is 25.0 Å². The molecule has 2 aromatic rings. The molecular weight excluding hydrogens is 609 g/mol. The SMILES string of the molecule is CC(C)(C)[Si](C)(C)OC[C@@]1(C#N)O[C@@H](n2ccc(-n3cncn3)nc2=O)[C@H](O[Si](C)(C)C(C)(C)C)[C@@H]1O[Si](C)(C)C(C)(C)C. The predicted molar refractivity (Wildman–Crippen MR) is 179 cm³/mol. The van der Waals surface area contributed by atoms with E-state index in [1.54, 1.807) is 12.3 Å². The van der Waals surface area contributed by atoms with E-state index in [-0.39, 0.29) is 21.7 Å². The molecule has 246 valence electrons. The van der Waals surface area contributed by atoms with Gasteiger partial charge in [0.05, 0.1) is 6.61 Å². The minimum absolute atomic E-state index is 0.00758. The Morgan fingerprint density at radius 1 is 0.932 bits per heavy atom. The van der Waals surface area contributed by atoms with E-state index >= 15 is 0 Å². The number of hydrogen-bond acceptors (Lipinski definition) is 9. The van der Waals surface area contributed by atoms with Crippen molar-refractivity contribution in [2.24, 2.45) is 0 Å². The van der Waals surface area contributed by atoms with Crippen LogP contribution >= 0.6 is 0 Å². The third kappa shape index (κ3) is 7.19. The van der Waals surface area contributed by atoms with Gasteiger partial charge in [-0.3, -0.25) is 4.57 Å². The second-order valence-electron chi connectivity index (χ2n) is 16.5. The highest BCUT2D eigenvalue weighted by molar-refractivity contribution is 6.75. The quantitative estimate of drug-likeness (QED) is 0.280. The van der Waals surface area contributed by atoms with Gasteiger partial charge in [0.15, 0.2) is 37.0 Å². The standard InChI is InChI=1S/C30H54N6O5Si3/c1-27(2,3)42(10,11)38-19-30(18-31)24(41-44(14,15)29(7,8)9)23(40-43(12,13)28(4,5)6)25(39-30)35-17-16-22(34-26(35)37)36-21-32-20-33-36/h16-17,20-21,23-25H,19H2,1-15H3/t23-,24+,25-,30-/m1/s1. The van der Waals surface area contributed by atoms with Crippen LogP contribution in [0.2, 0.25) is 54.4 Å².